The van der Waals surface area contributed by atoms with Gasteiger partial charge in [0, 0.05) is 11.5 Å². The van der Waals surface area contributed by atoms with Crippen molar-refractivity contribution in [3.05, 3.63) is 29.8 Å². The number of hydrogen-bond donors (Lipinski definition) is 0. The van der Waals surface area contributed by atoms with E-state index in [1.165, 1.54) is 19.3 Å². The summed E-state index contributed by atoms with van der Waals surface area (Å²) in [5.41, 5.74) is 0.857. The summed E-state index contributed by atoms with van der Waals surface area (Å²) in [7, 11) is 0. The second kappa shape index (κ2) is 4.36. The standard InChI is InChI=1S/C17H20O2/c18-17(16-9-11-4-5-12(16)8-11)13-2-1-3-15(10-13)19-14-6-7-14/h1-3,10-12,14,16H,4-9H2. The van der Waals surface area contributed by atoms with Crippen molar-refractivity contribution in [2.24, 2.45) is 17.8 Å². The van der Waals surface area contributed by atoms with Gasteiger partial charge in [0.2, 0.25) is 0 Å². The topological polar surface area (TPSA) is 26.3 Å². The lowest BCUT2D eigenvalue weighted by atomic mass is 9.83. The van der Waals surface area contributed by atoms with Gasteiger partial charge in [-0.25, -0.2) is 0 Å². The zero-order valence-electron chi connectivity index (χ0n) is 11.2. The summed E-state index contributed by atoms with van der Waals surface area (Å²) in [4.78, 5) is 12.6. The van der Waals surface area contributed by atoms with Gasteiger partial charge in [0.1, 0.15) is 5.75 Å². The molecule has 0 saturated heterocycles. The number of hydrogen-bond acceptors (Lipinski definition) is 2. The van der Waals surface area contributed by atoms with Crippen LogP contribution in [0.1, 0.15) is 48.9 Å². The van der Waals surface area contributed by atoms with Crippen LogP contribution in [0.4, 0.5) is 0 Å². The van der Waals surface area contributed by atoms with Gasteiger partial charge in [-0.1, -0.05) is 18.6 Å². The van der Waals surface area contributed by atoms with Crippen molar-refractivity contribution in [2.45, 2.75) is 44.6 Å². The molecule has 0 aliphatic heterocycles. The lowest BCUT2D eigenvalue weighted by Gasteiger charge is -2.20. The highest BCUT2D eigenvalue weighted by Gasteiger charge is 2.43. The molecule has 4 rings (SSSR count). The van der Waals surface area contributed by atoms with E-state index in [4.69, 9.17) is 4.74 Å². The van der Waals surface area contributed by atoms with Crippen molar-refractivity contribution >= 4 is 5.78 Å². The van der Waals surface area contributed by atoms with Gasteiger partial charge >= 0.3 is 0 Å². The van der Waals surface area contributed by atoms with Gasteiger partial charge < -0.3 is 4.74 Å². The highest BCUT2D eigenvalue weighted by molar-refractivity contribution is 5.98. The van der Waals surface area contributed by atoms with Crippen molar-refractivity contribution in [3.63, 3.8) is 0 Å². The van der Waals surface area contributed by atoms with E-state index in [-0.39, 0.29) is 5.92 Å². The predicted molar refractivity (Wildman–Crippen MR) is 73.4 cm³/mol. The van der Waals surface area contributed by atoms with Gasteiger partial charge in [-0.3, -0.25) is 4.79 Å². The fraction of sp³-hybridized carbons (Fsp3) is 0.588. The van der Waals surface area contributed by atoms with Crippen LogP contribution >= 0.6 is 0 Å². The second-order valence-electron chi connectivity index (χ2n) is 6.49. The summed E-state index contributed by atoms with van der Waals surface area (Å²) < 4.78 is 5.79. The van der Waals surface area contributed by atoms with E-state index in [2.05, 4.69) is 0 Å². The molecule has 2 heteroatoms. The first-order valence-corrected chi connectivity index (χ1v) is 7.60. The molecule has 3 unspecified atom stereocenters. The van der Waals surface area contributed by atoms with Crippen LogP contribution < -0.4 is 4.74 Å². The van der Waals surface area contributed by atoms with Gasteiger partial charge in [0.15, 0.2) is 5.78 Å². The summed E-state index contributed by atoms with van der Waals surface area (Å²) in [6.07, 6.45) is 7.73. The molecule has 1 aromatic rings. The molecule has 3 fully saturated rings. The molecular formula is C17H20O2. The van der Waals surface area contributed by atoms with Gasteiger partial charge in [-0.15, -0.1) is 0 Å². The Bertz CT molecular complexity index is 504. The fourth-order valence-electron chi connectivity index (χ4n) is 3.88. The average molecular weight is 256 g/mol. The maximum Gasteiger partial charge on any atom is 0.166 e. The van der Waals surface area contributed by atoms with Crippen molar-refractivity contribution in [1.29, 1.82) is 0 Å². The highest BCUT2D eigenvalue weighted by Crippen LogP contribution is 2.49. The van der Waals surface area contributed by atoms with E-state index >= 15 is 0 Å². The first-order chi connectivity index (χ1) is 9.29. The van der Waals surface area contributed by atoms with Crippen LogP contribution in [0.15, 0.2) is 24.3 Å². The van der Waals surface area contributed by atoms with Crippen molar-refractivity contribution in [1.82, 2.24) is 0 Å². The first-order valence-electron chi connectivity index (χ1n) is 7.60. The predicted octanol–water partition coefficient (Wildman–Crippen LogP) is 3.85. The highest BCUT2D eigenvalue weighted by atomic mass is 16.5. The maximum absolute atomic E-state index is 12.6. The van der Waals surface area contributed by atoms with Crippen molar-refractivity contribution < 1.29 is 9.53 Å². The molecule has 3 aliphatic carbocycles. The zero-order chi connectivity index (χ0) is 12.8. The fourth-order valence-corrected chi connectivity index (χ4v) is 3.88. The Balaban J connectivity index is 1.52. The van der Waals surface area contributed by atoms with Gasteiger partial charge in [-0.2, -0.15) is 0 Å². The molecule has 1 aromatic carbocycles. The van der Waals surface area contributed by atoms with Gasteiger partial charge in [0.05, 0.1) is 6.10 Å². The molecule has 0 aromatic heterocycles. The third-order valence-corrected chi connectivity index (χ3v) is 5.02. The number of fused-ring (bicyclic) bond motifs is 2. The molecule has 0 radical (unpaired) electrons. The Hall–Kier alpha value is -1.31. The van der Waals surface area contributed by atoms with Crippen LogP contribution in [0.3, 0.4) is 0 Å². The smallest absolute Gasteiger partial charge is 0.166 e. The quantitative estimate of drug-likeness (QED) is 0.765. The van der Waals surface area contributed by atoms with Crippen LogP contribution in [-0.4, -0.2) is 11.9 Å². The van der Waals surface area contributed by atoms with Crippen LogP contribution in [-0.2, 0) is 0 Å². The Morgan fingerprint density at radius 3 is 2.68 bits per heavy atom. The Kier molecular flexibility index (Phi) is 2.64. The van der Waals surface area contributed by atoms with Crippen molar-refractivity contribution in [2.75, 3.05) is 0 Å². The second-order valence-corrected chi connectivity index (χ2v) is 6.49. The summed E-state index contributed by atoms with van der Waals surface area (Å²) in [5, 5.41) is 0. The molecule has 0 amide bonds. The van der Waals surface area contributed by atoms with E-state index in [0.717, 1.165) is 36.5 Å². The monoisotopic (exact) mass is 256 g/mol. The number of Topliss-reactive ketones (excluding diaryl/α,β-unsaturated/α-hetero) is 1. The first kappa shape index (κ1) is 11.5. The molecule has 0 spiro atoms. The molecule has 3 atom stereocenters. The van der Waals surface area contributed by atoms with Crippen LogP contribution in [0.5, 0.6) is 5.75 Å². The van der Waals surface area contributed by atoms with E-state index < -0.39 is 0 Å². The molecule has 100 valence electrons. The SMILES string of the molecule is O=C(c1cccc(OC2CC2)c1)C1CC2CCC1C2. The van der Waals surface area contributed by atoms with E-state index in [1.807, 2.05) is 24.3 Å². The number of benzene rings is 1. The number of carbonyl (C=O) groups excluding carboxylic acids is 1. The minimum absolute atomic E-state index is 0.287. The van der Waals surface area contributed by atoms with Crippen LogP contribution in [0.2, 0.25) is 0 Å². The summed E-state index contributed by atoms with van der Waals surface area (Å²) in [5.74, 6) is 3.00. The number of carbonyl (C=O) groups is 1. The number of ketones is 1. The molecule has 0 heterocycles. The average Bonchev–Trinajstić information content (AvgIpc) is 3.01. The molecule has 0 N–H and O–H groups in total. The Morgan fingerprint density at radius 1 is 1.11 bits per heavy atom. The summed E-state index contributed by atoms with van der Waals surface area (Å²) in [6, 6.07) is 7.83. The number of rotatable bonds is 4. The van der Waals surface area contributed by atoms with Crippen molar-refractivity contribution in [3.8, 4) is 5.75 Å². The molecule has 2 nitrogen and oxygen atoms in total. The Morgan fingerprint density at radius 2 is 2.00 bits per heavy atom. The summed E-state index contributed by atoms with van der Waals surface area (Å²) >= 11 is 0. The zero-order valence-corrected chi connectivity index (χ0v) is 11.2. The van der Waals surface area contributed by atoms with Gasteiger partial charge in [0.25, 0.3) is 0 Å². The Labute approximate surface area is 114 Å². The minimum Gasteiger partial charge on any atom is -0.490 e. The van der Waals surface area contributed by atoms with Gasteiger partial charge in [-0.05, 0) is 56.1 Å². The van der Waals surface area contributed by atoms with E-state index in [9.17, 15) is 4.79 Å². The summed E-state index contributed by atoms with van der Waals surface area (Å²) in [6.45, 7) is 0. The molecule has 2 bridgehead atoms. The third-order valence-electron chi connectivity index (χ3n) is 5.02. The third kappa shape index (κ3) is 2.18. The van der Waals surface area contributed by atoms with Crippen LogP contribution in [0, 0.1) is 17.8 Å². The number of ether oxygens (including phenoxy) is 1. The molecular weight excluding hydrogens is 236 g/mol. The normalized spacial score (nSPS) is 32.5. The maximum atomic E-state index is 12.6. The molecule has 3 aliphatic rings. The molecule has 3 saturated carbocycles. The molecule has 19 heavy (non-hydrogen) atoms. The van der Waals surface area contributed by atoms with E-state index in [1.54, 1.807) is 0 Å². The van der Waals surface area contributed by atoms with E-state index in [0.29, 0.717) is 17.8 Å². The largest absolute Gasteiger partial charge is 0.490 e. The lowest BCUT2D eigenvalue weighted by molar-refractivity contribution is 0.0874. The van der Waals surface area contributed by atoms with Crippen LogP contribution in [0.25, 0.3) is 0 Å². The minimum atomic E-state index is 0.287. The lowest BCUT2D eigenvalue weighted by Crippen LogP contribution is -2.21.